The first-order valence-electron chi connectivity index (χ1n) is 8.25. The molecule has 1 heterocycles. The van der Waals surface area contributed by atoms with E-state index in [2.05, 4.69) is 5.32 Å². The van der Waals surface area contributed by atoms with Gasteiger partial charge in [0.25, 0.3) is 5.91 Å². The zero-order valence-electron chi connectivity index (χ0n) is 16.1. The predicted molar refractivity (Wildman–Crippen MR) is 99.9 cm³/mol. The van der Waals surface area contributed by atoms with Gasteiger partial charge in [0.15, 0.2) is 11.6 Å². The molecule has 1 N–H and O–H groups in total. The van der Waals surface area contributed by atoms with Crippen molar-refractivity contribution in [2.75, 3.05) is 12.4 Å². The molecule has 6 nitrogen and oxygen atoms in total. The van der Waals surface area contributed by atoms with E-state index in [1.54, 1.807) is 0 Å². The fourth-order valence-electron chi connectivity index (χ4n) is 2.70. The molecule has 2 aromatic rings. The molecule has 0 aliphatic rings. The summed E-state index contributed by atoms with van der Waals surface area (Å²) in [5.41, 5.74) is -0.524. The van der Waals surface area contributed by atoms with Crippen LogP contribution < -0.4 is 5.32 Å². The van der Waals surface area contributed by atoms with Gasteiger partial charge in [0.1, 0.15) is 16.6 Å². The lowest BCUT2D eigenvalue weighted by Crippen LogP contribution is -2.44. The number of alkyl halides is 3. The van der Waals surface area contributed by atoms with Gasteiger partial charge in [0.05, 0.1) is 5.02 Å². The Labute approximate surface area is 174 Å². The molecule has 0 fully saturated rings. The predicted octanol–water partition coefficient (Wildman–Crippen LogP) is 4.09. The summed E-state index contributed by atoms with van der Waals surface area (Å²) in [6, 6.07) is -0.677. The van der Waals surface area contributed by atoms with Crippen LogP contribution in [-0.4, -0.2) is 42.5 Å². The SMILES string of the molecule is Cc1c(S(=O)(=O)N(C)[C@H](C)C(F)(F)F)cn(C)c1C(=O)Nc1cc(F)c(F)c(Cl)c1. The summed E-state index contributed by atoms with van der Waals surface area (Å²) in [6.45, 7) is 1.93. The van der Waals surface area contributed by atoms with Crippen LogP contribution in [0.3, 0.4) is 0 Å². The first kappa shape index (κ1) is 24.1. The number of benzene rings is 1. The standard InChI is InChI=1S/C17H17ClF5N3O3S/c1-8-13(30(28,29)26(4)9(2)17(21,22)23)7-25(3)15(8)16(27)24-10-5-11(18)14(20)12(19)6-10/h5-7,9H,1-4H3,(H,24,27)/t9-/m1/s1. The Kier molecular flexibility index (Phi) is 6.55. The van der Waals surface area contributed by atoms with Gasteiger partial charge in [-0.2, -0.15) is 17.5 Å². The van der Waals surface area contributed by atoms with E-state index in [0.29, 0.717) is 13.0 Å². The minimum absolute atomic E-state index is 0.120. The molecule has 13 heteroatoms. The Bertz CT molecular complexity index is 1080. The van der Waals surface area contributed by atoms with Crippen molar-refractivity contribution in [2.45, 2.75) is 31.0 Å². The molecule has 30 heavy (non-hydrogen) atoms. The van der Waals surface area contributed by atoms with Gasteiger partial charge in [0.2, 0.25) is 10.0 Å². The number of hydrogen-bond acceptors (Lipinski definition) is 3. The molecule has 0 aliphatic heterocycles. The number of sulfonamides is 1. The highest BCUT2D eigenvalue weighted by Crippen LogP contribution is 2.31. The second-order valence-electron chi connectivity index (χ2n) is 6.52. The lowest BCUT2D eigenvalue weighted by Gasteiger charge is -2.26. The number of aryl methyl sites for hydroxylation is 1. The van der Waals surface area contributed by atoms with Crippen molar-refractivity contribution in [3.8, 4) is 0 Å². The van der Waals surface area contributed by atoms with Crippen LogP contribution in [0.15, 0.2) is 23.2 Å². The van der Waals surface area contributed by atoms with Crippen LogP contribution >= 0.6 is 11.6 Å². The number of aromatic nitrogens is 1. The van der Waals surface area contributed by atoms with Crippen molar-refractivity contribution in [3.63, 3.8) is 0 Å². The highest BCUT2D eigenvalue weighted by atomic mass is 35.5. The fourth-order valence-corrected chi connectivity index (χ4v) is 4.53. The van der Waals surface area contributed by atoms with Crippen molar-refractivity contribution in [1.82, 2.24) is 8.87 Å². The Balaban J connectivity index is 2.43. The van der Waals surface area contributed by atoms with E-state index >= 15 is 0 Å². The summed E-state index contributed by atoms with van der Waals surface area (Å²) in [5, 5.41) is 1.67. The minimum atomic E-state index is -4.80. The van der Waals surface area contributed by atoms with Crippen molar-refractivity contribution < 1.29 is 35.2 Å². The highest BCUT2D eigenvalue weighted by molar-refractivity contribution is 7.89. The van der Waals surface area contributed by atoms with Crippen LogP contribution in [-0.2, 0) is 17.1 Å². The third kappa shape index (κ3) is 4.44. The number of anilines is 1. The van der Waals surface area contributed by atoms with Crippen molar-refractivity contribution >= 4 is 33.2 Å². The van der Waals surface area contributed by atoms with Crippen LogP contribution in [0.25, 0.3) is 0 Å². The molecule has 0 saturated carbocycles. The van der Waals surface area contributed by atoms with Gasteiger partial charge in [-0.3, -0.25) is 4.79 Å². The maximum absolute atomic E-state index is 13.5. The third-order valence-corrected chi connectivity index (χ3v) is 6.84. The smallest absolute Gasteiger partial charge is 0.345 e. The molecule has 0 radical (unpaired) electrons. The van der Waals surface area contributed by atoms with Crippen molar-refractivity contribution in [2.24, 2.45) is 7.05 Å². The Morgan fingerprint density at radius 3 is 2.33 bits per heavy atom. The molecule has 1 atom stereocenters. The zero-order valence-corrected chi connectivity index (χ0v) is 17.7. The van der Waals surface area contributed by atoms with E-state index in [1.165, 1.54) is 14.0 Å². The molecular formula is C17H17ClF5N3O3S. The fraction of sp³-hybridized carbons (Fsp3) is 0.353. The highest BCUT2D eigenvalue weighted by Gasteiger charge is 2.44. The minimum Gasteiger partial charge on any atom is -0.345 e. The van der Waals surface area contributed by atoms with Crippen LogP contribution in [0.4, 0.5) is 27.6 Å². The number of hydrogen-bond donors (Lipinski definition) is 1. The Morgan fingerprint density at radius 1 is 1.27 bits per heavy atom. The number of carbonyl (C=O) groups excluding carboxylic acids is 1. The summed E-state index contributed by atoms with van der Waals surface area (Å²) in [5.74, 6) is -3.52. The number of nitrogens with one attached hydrogen (secondary N) is 1. The van der Waals surface area contributed by atoms with E-state index in [1.807, 2.05) is 0 Å². The average Bonchev–Trinajstić information content (AvgIpc) is 2.92. The van der Waals surface area contributed by atoms with Gasteiger partial charge < -0.3 is 9.88 Å². The molecule has 1 amide bonds. The van der Waals surface area contributed by atoms with Crippen molar-refractivity contribution in [1.29, 1.82) is 0 Å². The van der Waals surface area contributed by atoms with E-state index < -0.39 is 49.7 Å². The maximum atomic E-state index is 13.5. The molecule has 166 valence electrons. The molecule has 0 spiro atoms. The number of amides is 1. The molecule has 1 aromatic carbocycles. The number of halogens is 6. The summed E-state index contributed by atoms with van der Waals surface area (Å²) in [4.78, 5) is 12.1. The van der Waals surface area contributed by atoms with Gasteiger partial charge in [0, 0.05) is 32.0 Å². The summed E-state index contributed by atoms with van der Waals surface area (Å²) in [7, 11) is -2.50. The van der Waals surface area contributed by atoms with Gasteiger partial charge in [-0.1, -0.05) is 11.6 Å². The first-order valence-corrected chi connectivity index (χ1v) is 10.1. The average molecular weight is 474 g/mol. The molecule has 0 bridgehead atoms. The number of rotatable bonds is 5. The van der Waals surface area contributed by atoms with E-state index in [9.17, 15) is 35.2 Å². The van der Waals surface area contributed by atoms with Gasteiger partial charge in [-0.15, -0.1) is 0 Å². The number of nitrogens with zero attached hydrogens (tertiary/aromatic N) is 2. The lowest BCUT2D eigenvalue weighted by molar-refractivity contribution is -0.164. The van der Waals surface area contributed by atoms with E-state index in [0.717, 1.165) is 23.9 Å². The maximum Gasteiger partial charge on any atom is 0.404 e. The second kappa shape index (κ2) is 8.16. The Morgan fingerprint density at radius 2 is 1.83 bits per heavy atom. The van der Waals surface area contributed by atoms with Crippen LogP contribution in [0.5, 0.6) is 0 Å². The monoisotopic (exact) mass is 473 g/mol. The molecular weight excluding hydrogens is 457 g/mol. The van der Waals surface area contributed by atoms with E-state index in [4.69, 9.17) is 11.6 Å². The quantitative estimate of drug-likeness (QED) is 0.525. The zero-order chi connectivity index (χ0) is 23.2. The molecule has 0 aliphatic carbocycles. The summed E-state index contributed by atoms with van der Waals surface area (Å²) in [6.07, 6.45) is -3.80. The van der Waals surface area contributed by atoms with Crippen LogP contribution in [0, 0.1) is 18.6 Å². The molecule has 0 unspecified atom stereocenters. The third-order valence-electron chi connectivity index (χ3n) is 4.52. The first-order chi connectivity index (χ1) is 13.6. The van der Waals surface area contributed by atoms with Crippen LogP contribution in [0.2, 0.25) is 5.02 Å². The molecule has 2 rings (SSSR count). The second-order valence-corrected chi connectivity index (χ2v) is 8.90. The number of carbonyl (C=O) groups is 1. The van der Waals surface area contributed by atoms with Gasteiger partial charge >= 0.3 is 6.18 Å². The van der Waals surface area contributed by atoms with E-state index in [-0.39, 0.29) is 21.2 Å². The largest absolute Gasteiger partial charge is 0.404 e. The molecule has 0 saturated heterocycles. The normalized spacial score (nSPS) is 13.6. The summed E-state index contributed by atoms with van der Waals surface area (Å²) >= 11 is 5.53. The van der Waals surface area contributed by atoms with Crippen molar-refractivity contribution in [3.05, 3.63) is 46.2 Å². The van der Waals surface area contributed by atoms with Gasteiger partial charge in [-0.05, 0) is 25.5 Å². The lowest BCUT2D eigenvalue weighted by atomic mass is 10.2. The van der Waals surface area contributed by atoms with Crippen LogP contribution in [0.1, 0.15) is 23.0 Å². The topological polar surface area (TPSA) is 71.4 Å². The Hall–Kier alpha value is -2.18. The summed E-state index contributed by atoms with van der Waals surface area (Å²) < 4.78 is 92.3. The molecule has 1 aromatic heterocycles. The van der Waals surface area contributed by atoms with Gasteiger partial charge in [-0.25, -0.2) is 17.2 Å².